The van der Waals surface area contributed by atoms with Gasteiger partial charge in [-0.3, -0.25) is 14.4 Å². The number of ether oxygens (including phenoxy) is 3. The third kappa shape index (κ3) is 3.01. The second kappa shape index (κ2) is 5.97. The molecule has 0 aromatic rings. The van der Waals surface area contributed by atoms with Gasteiger partial charge in [-0.15, -0.1) is 6.58 Å². The van der Waals surface area contributed by atoms with Crippen LogP contribution in [-0.2, 0) is 28.6 Å². The van der Waals surface area contributed by atoms with Gasteiger partial charge >= 0.3 is 11.9 Å². The van der Waals surface area contributed by atoms with Crippen molar-refractivity contribution in [2.45, 2.75) is 32.0 Å². The normalized spacial score (nSPS) is 21.4. The molecule has 1 saturated heterocycles. The summed E-state index contributed by atoms with van der Waals surface area (Å²) in [5.41, 5.74) is -1.50. The Bertz CT molecular complexity index is 384. The van der Waals surface area contributed by atoms with Gasteiger partial charge in [-0.1, -0.05) is 6.08 Å². The molecule has 0 spiro atoms. The molecule has 0 saturated carbocycles. The smallest absolute Gasteiger partial charge is 0.323 e. The summed E-state index contributed by atoms with van der Waals surface area (Å²) in [6.45, 7) is 4.94. The van der Waals surface area contributed by atoms with Crippen molar-refractivity contribution < 1.29 is 28.6 Å². The van der Waals surface area contributed by atoms with E-state index in [2.05, 4.69) is 16.1 Å². The summed E-state index contributed by atoms with van der Waals surface area (Å²) in [5.74, 6) is -1.55. The number of methoxy groups -OCH3 is 2. The number of allylic oxidation sites excluding steroid dienone is 1. The number of esters is 2. The highest BCUT2D eigenvalue weighted by Gasteiger charge is 2.55. The fourth-order valence-corrected chi connectivity index (χ4v) is 2.14. The Morgan fingerprint density at radius 3 is 2.11 bits per heavy atom. The Hall–Kier alpha value is -1.69. The maximum Gasteiger partial charge on any atom is 0.323 e. The fraction of sp³-hybridized carbons (Fsp3) is 0.615. The van der Waals surface area contributed by atoms with Gasteiger partial charge in [0.15, 0.2) is 11.2 Å². The van der Waals surface area contributed by atoms with Gasteiger partial charge in [0.05, 0.1) is 20.3 Å². The van der Waals surface area contributed by atoms with Gasteiger partial charge in [0.1, 0.15) is 6.10 Å². The molecule has 1 fully saturated rings. The predicted molar refractivity (Wildman–Crippen MR) is 65.2 cm³/mol. The van der Waals surface area contributed by atoms with E-state index in [1.165, 1.54) is 27.2 Å². The van der Waals surface area contributed by atoms with Crippen molar-refractivity contribution >= 4 is 17.7 Å². The molecular weight excluding hydrogens is 252 g/mol. The third-order valence-electron chi connectivity index (χ3n) is 3.18. The first-order valence-electron chi connectivity index (χ1n) is 5.86. The van der Waals surface area contributed by atoms with E-state index in [-0.39, 0.29) is 18.6 Å². The maximum absolute atomic E-state index is 12.0. The van der Waals surface area contributed by atoms with E-state index in [1.54, 1.807) is 0 Å². The highest BCUT2D eigenvalue weighted by atomic mass is 16.6. The molecule has 0 aliphatic carbocycles. The molecule has 0 aromatic carbocycles. The summed E-state index contributed by atoms with van der Waals surface area (Å²) < 4.78 is 14.5. The van der Waals surface area contributed by atoms with Gasteiger partial charge in [-0.05, 0) is 13.3 Å². The van der Waals surface area contributed by atoms with Gasteiger partial charge in [0.25, 0.3) is 0 Å². The van der Waals surface area contributed by atoms with Gasteiger partial charge in [-0.25, -0.2) is 0 Å². The molecule has 1 aliphatic heterocycles. The van der Waals surface area contributed by atoms with Crippen molar-refractivity contribution in [1.82, 2.24) is 0 Å². The monoisotopic (exact) mass is 270 g/mol. The van der Waals surface area contributed by atoms with E-state index in [0.29, 0.717) is 0 Å². The van der Waals surface area contributed by atoms with Crippen molar-refractivity contribution in [3.63, 3.8) is 0 Å². The van der Waals surface area contributed by atoms with Crippen LogP contribution in [0.25, 0.3) is 0 Å². The Labute approximate surface area is 111 Å². The molecule has 0 N–H and O–H groups in total. The minimum absolute atomic E-state index is 0.0443. The summed E-state index contributed by atoms with van der Waals surface area (Å²) in [6.07, 6.45) is 0.535. The molecule has 1 heterocycles. The van der Waals surface area contributed by atoms with Gasteiger partial charge in [-0.2, -0.15) is 0 Å². The third-order valence-corrected chi connectivity index (χ3v) is 3.18. The minimum atomic E-state index is -1.50. The van der Waals surface area contributed by atoms with Crippen LogP contribution >= 0.6 is 0 Å². The Kier molecular flexibility index (Phi) is 4.83. The zero-order chi connectivity index (χ0) is 14.6. The summed E-state index contributed by atoms with van der Waals surface area (Å²) in [5, 5.41) is 0. The molecule has 0 aromatic heterocycles. The largest absolute Gasteiger partial charge is 0.468 e. The quantitative estimate of drug-likeness (QED) is 0.292. The molecule has 19 heavy (non-hydrogen) atoms. The second-order valence-corrected chi connectivity index (χ2v) is 4.47. The predicted octanol–water partition coefficient (Wildman–Crippen LogP) is 0.641. The van der Waals surface area contributed by atoms with Crippen LogP contribution in [0.1, 0.15) is 19.8 Å². The Morgan fingerprint density at radius 1 is 1.26 bits per heavy atom. The van der Waals surface area contributed by atoms with E-state index in [0.717, 1.165) is 0 Å². The first kappa shape index (κ1) is 15.4. The van der Waals surface area contributed by atoms with Crippen LogP contribution in [0.3, 0.4) is 0 Å². The number of rotatable bonds is 7. The van der Waals surface area contributed by atoms with Crippen molar-refractivity contribution in [2.24, 2.45) is 5.41 Å². The minimum Gasteiger partial charge on any atom is -0.468 e. The summed E-state index contributed by atoms with van der Waals surface area (Å²) in [6, 6.07) is 0. The van der Waals surface area contributed by atoms with Crippen molar-refractivity contribution in [3.05, 3.63) is 12.7 Å². The molecule has 2 atom stereocenters. The van der Waals surface area contributed by atoms with E-state index >= 15 is 0 Å². The number of epoxide rings is 1. The van der Waals surface area contributed by atoms with Crippen LogP contribution in [0.4, 0.5) is 0 Å². The second-order valence-electron chi connectivity index (χ2n) is 4.47. The lowest BCUT2D eigenvalue weighted by Gasteiger charge is -2.26. The average molecular weight is 270 g/mol. The number of hydrogen-bond acceptors (Lipinski definition) is 6. The summed E-state index contributed by atoms with van der Waals surface area (Å²) >= 11 is 0. The zero-order valence-corrected chi connectivity index (χ0v) is 11.3. The standard InChI is InChI=1S/C13H18O6/c1-5-6-13(11(15)17-3,12(16)18-4)7-9-10(19-9)8(2)14/h5,9-10H,1,6-7H2,2-4H3. The molecule has 1 aliphatic rings. The topological polar surface area (TPSA) is 82.2 Å². The lowest BCUT2D eigenvalue weighted by molar-refractivity contribution is -0.170. The van der Waals surface area contributed by atoms with Gasteiger partial charge in [0, 0.05) is 6.42 Å². The van der Waals surface area contributed by atoms with Crippen molar-refractivity contribution in [1.29, 1.82) is 0 Å². The zero-order valence-electron chi connectivity index (χ0n) is 11.3. The van der Waals surface area contributed by atoms with Gasteiger partial charge < -0.3 is 14.2 Å². The van der Waals surface area contributed by atoms with Crippen LogP contribution in [0.2, 0.25) is 0 Å². The highest BCUT2D eigenvalue weighted by molar-refractivity contribution is 6.00. The van der Waals surface area contributed by atoms with E-state index in [4.69, 9.17) is 4.74 Å². The van der Waals surface area contributed by atoms with Crippen molar-refractivity contribution in [3.8, 4) is 0 Å². The highest BCUT2D eigenvalue weighted by Crippen LogP contribution is 2.39. The molecule has 6 heteroatoms. The number of carbonyl (C=O) groups excluding carboxylic acids is 3. The van der Waals surface area contributed by atoms with Crippen LogP contribution < -0.4 is 0 Å². The summed E-state index contributed by atoms with van der Waals surface area (Å²) in [4.78, 5) is 35.1. The molecule has 2 unspecified atom stereocenters. The first-order valence-corrected chi connectivity index (χ1v) is 5.86. The molecule has 1 rings (SSSR count). The first-order chi connectivity index (χ1) is 8.92. The lowest BCUT2D eigenvalue weighted by atomic mass is 9.79. The lowest BCUT2D eigenvalue weighted by Crippen LogP contribution is -2.42. The van der Waals surface area contributed by atoms with Crippen LogP contribution in [0, 0.1) is 5.41 Å². The number of carbonyl (C=O) groups is 3. The Balaban J connectivity index is 2.96. The maximum atomic E-state index is 12.0. The molecule has 0 bridgehead atoms. The summed E-state index contributed by atoms with van der Waals surface area (Å²) in [7, 11) is 2.39. The molecule has 6 nitrogen and oxygen atoms in total. The van der Waals surface area contributed by atoms with E-state index in [9.17, 15) is 14.4 Å². The number of Topliss-reactive ketones (excluding diaryl/α,β-unsaturated/α-hetero) is 1. The Morgan fingerprint density at radius 2 is 1.79 bits per heavy atom. The average Bonchev–Trinajstić information content (AvgIpc) is 3.15. The van der Waals surface area contributed by atoms with E-state index in [1.807, 2.05) is 0 Å². The molecule has 0 radical (unpaired) electrons. The van der Waals surface area contributed by atoms with Crippen LogP contribution in [-0.4, -0.2) is 44.1 Å². The number of hydrogen-bond donors (Lipinski definition) is 0. The van der Waals surface area contributed by atoms with Crippen LogP contribution in [0.5, 0.6) is 0 Å². The van der Waals surface area contributed by atoms with E-state index < -0.39 is 29.6 Å². The molecule has 106 valence electrons. The molecular formula is C13H18O6. The van der Waals surface area contributed by atoms with Gasteiger partial charge in [0.2, 0.25) is 0 Å². The molecule has 0 amide bonds. The number of ketones is 1. The fourth-order valence-electron chi connectivity index (χ4n) is 2.14. The van der Waals surface area contributed by atoms with Crippen LogP contribution in [0.15, 0.2) is 12.7 Å². The van der Waals surface area contributed by atoms with Crippen molar-refractivity contribution in [2.75, 3.05) is 14.2 Å². The SMILES string of the molecule is C=CCC(CC1OC1C(C)=O)(C(=O)OC)C(=O)OC.